The van der Waals surface area contributed by atoms with Gasteiger partial charge in [0.15, 0.2) is 0 Å². The van der Waals surface area contributed by atoms with Gasteiger partial charge in [-0.2, -0.15) is 0 Å². The van der Waals surface area contributed by atoms with Gasteiger partial charge in [-0.3, -0.25) is 14.4 Å². The SMILES string of the molecule is C[C@H]1CC(O)=C(C(=O)NCC(=O)O)C(=O)N1Cc1ccc(OCC2CC2)cc1. The minimum atomic E-state index is -1.23. The summed E-state index contributed by atoms with van der Waals surface area (Å²) in [7, 11) is 0. The van der Waals surface area contributed by atoms with Crippen molar-refractivity contribution in [3.8, 4) is 5.75 Å². The molecule has 0 radical (unpaired) electrons. The fourth-order valence-electron chi connectivity index (χ4n) is 3.05. The van der Waals surface area contributed by atoms with Crippen LogP contribution in [0.3, 0.4) is 0 Å². The third-order valence-electron chi connectivity index (χ3n) is 4.87. The maximum Gasteiger partial charge on any atom is 0.322 e. The lowest BCUT2D eigenvalue weighted by atomic mass is 9.99. The first-order chi connectivity index (χ1) is 13.3. The second-order valence-electron chi connectivity index (χ2n) is 7.28. The predicted molar refractivity (Wildman–Crippen MR) is 99.6 cm³/mol. The van der Waals surface area contributed by atoms with Crippen LogP contribution in [-0.4, -0.2) is 52.1 Å². The first-order valence-corrected chi connectivity index (χ1v) is 9.30. The Kier molecular flexibility index (Phi) is 5.87. The number of hydrogen-bond donors (Lipinski definition) is 3. The van der Waals surface area contributed by atoms with Gasteiger partial charge < -0.3 is 25.2 Å². The topological polar surface area (TPSA) is 116 Å². The summed E-state index contributed by atoms with van der Waals surface area (Å²) in [5.74, 6) is -1.61. The van der Waals surface area contributed by atoms with Crippen LogP contribution in [0.1, 0.15) is 31.7 Å². The summed E-state index contributed by atoms with van der Waals surface area (Å²) in [5.41, 5.74) is 0.467. The van der Waals surface area contributed by atoms with Gasteiger partial charge in [-0.05, 0) is 43.4 Å². The predicted octanol–water partition coefficient (Wildman–Crippen LogP) is 1.61. The van der Waals surface area contributed by atoms with Gasteiger partial charge in [0.05, 0.1) is 6.61 Å². The van der Waals surface area contributed by atoms with E-state index in [0.717, 1.165) is 17.9 Å². The molecule has 0 saturated heterocycles. The van der Waals surface area contributed by atoms with Crippen LogP contribution in [0.5, 0.6) is 5.75 Å². The van der Waals surface area contributed by atoms with Crippen LogP contribution in [-0.2, 0) is 20.9 Å². The van der Waals surface area contributed by atoms with E-state index in [-0.39, 0.29) is 24.8 Å². The summed E-state index contributed by atoms with van der Waals surface area (Å²) in [6, 6.07) is 7.14. The van der Waals surface area contributed by atoms with E-state index >= 15 is 0 Å². The van der Waals surface area contributed by atoms with Crippen molar-refractivity contribution in [2.24, 2.45) is 5.92 Å². The number of carbonyl (C=O) groups excluding carboxylic acids is 2. The van der Waals surface area contributed by atoms with Crippen molar-refractivity contribution in [3.63, 3.8) is 0 Å². The van der Waals surface area contributed by atoms with Crippen LogP contribution in [0.15, 0.2) is 35.6 Å². The normalized spacial score (nSPS) is 19.5. The molecule has 2 amide bonds. The lowest BCUT2D eigenvalue weighted by molar-refractivity contribution is -0.139. The first-order valence-electron chi connectivity index (χ1n) is 9.30. The molecule has 1 atom stereocenters. The monoisotopic (exact) mass is 388 g/mol. The van der Waals surface area contributed by atoms with Gasteiger partial charge in [-0.1, -0.05) is 12.1 Å². The molecule has 0 unspecified atom stereocenters. The molecule has 1 aliphatic carbocycles. The average Bonchev–Trinajstić information content (AvgIpc) is 3.47. The second-order valence-corrected chi connectivity index (χ2v) is 7.28. The molecule has 1 aromatic rings. The minimum Gasteiger partial charge on any atom is -0.511 e. The molecule has 1 saturated carbocycles. The third kappa shape index (κ3) is 4.82. The molecule has 3 N–H and O–H groups in total. The molecule has 3 rings (SSSR count). The van der Waals surface area contributed by atoms with E-state index in [2.05, 4.69) is 5.32 Å². The van der Waals surface area contributed by atoms with Crippen molar-refractivity contribution < 1.29 is 29.3 Å². The smallest absolute Gasteiger partial charge is 0.322 e. The second kappa shape index (κ2) is 8.33. The Balaban J connectivity index is 1.66. The molecule has 8 heteroatoms. The molecule has 150 valence electrons. The van der Waals surface area contributed by atoms with Crippen molar-refractivity contribution in [3.05, 3.63) is 41.2 Å². The lowest BCUT2D eigenvalue weighted by Crippen LogP contribution is -2.47. The van der Waals surface area contributed by atoms with E-state index in [9.17, 15) is 19.5 Å². The summed E-state index contributed by atoms with van der Waals surface area (Å²) < 4.78 is 5.70. The van der Waals surface area contributed by atoms with E-state index in [0.29, 0.717) is 5.92 Å². The fourth-order valence-corrected chi connectivity index (χ4v) is 3.05. The molecule has 2 aliphatic rings. The molecule has 0 aromatic heterocycles. The Morgan fingerprint density at radius 3 is 2.54 bits per heavy atom. The number of aliphatic hydroxyl groups excluding tert-OH is 1. The molecule has 8 nitrogen and oxygen atoms in total. The maximum atomic E-state index is 12.8. The minimum absolute atomic E-state index is 0.129. The zero-order valence-electron chi connectivity index (χ0n) is 15.7. The number of carbonyl (C=O) groups is 3. The van der Waals surface area contributed by atoms with Gasteiger partial charge in [0.25, 0.3) is 11.8 Å². The van der Waals surface area contributed by atoms with Gasteiger partial charge >= 0.3 is 5.97 Å². The molecular weight excluding hydrogens is 364 g/mol. The Morgan fingerprint density at radius 2 is 1.93 bits per heavy atom. The van der Waals surface area contributed by atoms with Crippen molar-refractivity contribution in [2.45, 2.75) is 38.8 Å². The molecule has 28 heavy (non-hydrogen) atoms. The molecular formula is C20H24N2O6. The van der Waals surface area contributed by atoms with Crippen molar-refractivity contribution in [1.82, 2.24) is 10.2 Å². The number of nitrogens with one attached hydrogen (secondary N) is 1. The summed E-state index contributed by atoms with van der Waals surface area (Å²) in [5, 5.41) is 20.9. The Morgan fingerprint density at radius 1 is 1.25 bits per heavy atom. The molecule has 0 bridgehead atoms. The zero-order valence-corrected chi connectivity index (χ0v) is 15.7. The van der Waals surface area contributed by atoms with Crippen LogP contribution < -0.4 is 10.1 Å². The Bertz CT molecular complexity index is 797. The number of aliphatic hydroxyl groups is 1. The highest BCUT2D eigenvalue weighted by Crippen LogP contribution is 2.30. The number of hydrogen-bond acceptors (Lipinski definition) is 5. The highest BCUT2D eigenvalue weighted by molar-refractivity contribution is 6.19. The fraction of sp³-hybridized carbons (Fsp3) is 0.450. The molecule has 1 heterocycles. The van der Waals surface area contributed by atoms with Gasteiger partial charge in [0.1, 0.15) is 23.6 Å². The van der Waals surface area contributed by atoms with E-state index < -0.39 is 29.9 Å². The zero-order chi connectivity index (χ0) is 20.3. The first kappa shape index (κ1) is 19.7. The largest absolute Gasteiger partial charge is 0.511 e. The molecule has 0 spiro atoms. The summed E-state index contributed by atoms with van der Waals surface area (Å²) >= 11 is 0. The van der Waals surface area contributed by atoms with Crippen molar-refractivity contribution >= 4 is 17.8 Å². The van der Waals surface area contributed by atoms with Gasteiger partial charge in [-0.15, -0.1) is 0 Å². The number of carboxylic acids is 1. The number of benzene rings is 1. The quantitative estimate of drug-likeness (QED) is 0.583. The van der Waals surface area contributed by atoms with Crippen LogP contribution in [0.25, 0.3) is 0 Å². The summed E-state index contributed by atoms with van der Waals surface area (Å²) in [6.45, 7) is 2.15. The Hall–Kier alpha value is -3.03. The standard InChI is InChI=1S/C20H24N2O6/c1-12-8-16(23)18(19(26)21-9-17(24)25)20(27)22(12)10-13-4-6-15(7-5-13)28-11-14-2-3-14/h4-7,12,14,23H,2-3,8-11H2,1H3,(H,21,26)(H,24,25)/t12-/m0/s1. The lowest BCUT2D eigenvalue weighted by Gasteiger charge is -2.34. The molecule has 1 aliphatic heterocycles. The Labute approximate surface area is 162 Å². The highest BCUT2D eigenvalue weighted by Gasteiger charge is 2.36. The van der Waals surface area contributed by atoms with Crippen LogP contribution in [0, 0.1) is 5.92 Å². The highest BCUT2D eigenvalue weighted by atomic mass is 16.5. The van der Waals surface area contributed by atoms with E-state index in [4.69, 9.17) is 9.84 Å². The van der Waals surface area contributed by atoms with Crippen LogP contribution in [0.2, 0.25) is 0 Å². The van der Waals surface area contributed by atoms with Crippen LogP contribution in [0.4, 0.5) is 0 Å². The summed E-state index contributed by atoms with van der Waals surface area (Å²) in [4.78, 5) is 37.0. The number of rotatable bonds is 8. The van der Waals surface area contributed by atoms with E-state index in [1.165, 1.54) is 17.7 Å². The number of amides is 2. The number of nitrogens with zero attached hydrogens (tertiary/aromatic N) is 1. The summed E-state index contributed by atoms with van der Waals surface area (Å²) in [6.07, 6.45) is 2.57. The van der Waals surface area contributed by atoms with Gasteiger partial charge in [0.2, 0.25) is 0 Å². The number of ether oxygens (including phenoxy) is 1. The average molecular weight is 388 g/mol. The van der Waals surface area contributed by atoms with Crippen LogP contribution >= 0.6 is 0 Å². The van der Waals surface area contributed by atoms with E-state index in [1.807, 2.05) is 24.3 Å². The van der Waals surface area contributed by atoms with Gasteiger partial charge in [0, 0.05) is 19.0 Å². The van der Waals surface area contributed by atoms with Crippen molar-refractivity contribution in [2.75, 3.05) is 13.2 Å². The van der Waals surface area contributed by atoms with Gasteiger partial charge in [-0.25, -0.2) is 0 Å². The third-order valence-corrected chi connectivity index (χ3v) is 4.87. The number of aliphatic carboxylic acids is 1. The van der Waals surface area contributed by atoms with Crippen molar-refractivity contribution in [1.29, 1.82) is 0 Å². The maximum absolute atomic E-state index is 12.8. The molecule has 1 fully saturated rings. The molecule has 1 aromatic carbocycles. The van der Waals surface area contributed by atoms with E-state index in [1.54, 1.807) is 6.92 Å². The number of carboxylic acid groups (broad SMARTS) is 1.